The van der Waals surface area contributed by atoms with Gasteiger partial charge in [0.25, 0.3) is 0 Å². The van der Waals surface area contributed by atoms with Gasteiger partial charge in [0.15, 0.2) is 0 Å². The lowest BCUT2D eigenvalue weighted by Crippen LogP contribution is -1.96. The van der Waals surface area contributed by atoms with Crippen LogP contribution < -0.4 is 10.5 Å². The van der Waals surface area contributed by atoms with Crippen LogP contribution in [0, 0.1) is 0 Å². The number of benzene rings is 2. The summed E-state index contributed by atoms with van der Waals surface area (Å²) >= 11 is 11.2. The maximum absolute atomic E-state index is 5.58. The molecule has 0 aromatic heterocycles. The fourth-order valence-corrected chi connectivity index (χ4v) is 1.60. The van der Waals surface area contributed by atoms with Crippen LogP contribution in [0.1, 0.15) is 40.2 Å². The SMILES string of the molecule is CC.CC.CCOc1ccc(CN)cc1.Clc1ccccc1Cl. The molecule has 0 saturated carbocycles. The molecule has 0 aliphatic heterocycles. The van der Waals surface area contributed by atoms with E-state index in [0.29, 0.717) is 23.2 Å². The molecule has 0 fully saturated rings. The van der Waals surface area contributed by atoms with E-state index in [1.165, 1.54) is 0 Å². The number of hydrogen-bond acceptors (Lipinski definition) is 2. The Morgan fingerprint density at radius 1 is 0.826 bits per heavy atom. The Hall–Kier alpha value is -1.22. The van der Waals surface area contributed by atoms with Gasteiger partial charge in [0.05, 0.1) is 16.7 Å². The van der Waals surface area contributed by atoms with Crippen molar-refractivity contribution in [3.05, 3.63) is 64.1 Å². The zero-order chi connectivity index (χ0) is 18.1. The van der Waals surface area contributed by atoms with E-state index in [1.54, 1.807) is 12.1 Å². The van der Waals surface area contributed by atoms with Gasteiger partial charge in [-0.3, -0.25) is 0 Å². The zero-order valence-electron chi connectivity index (χ0n) is 14.8. The highest BCUT2D eigenvalue weighted by Crippen LogP contribution is 2.19. The van der Waals surface area contributed by atoms with E-state index in [0.717, 1.165) is 11.3 Å². The second-order valence-corrected chi connectivity index (χ2v) is 4.51. The molecule has 4 heteroatoms. The van der Waals surface area contributed by atoms with Crippen molar-refractivity contribution in [2.24, 2.45) is 5.73 Å². The van der Waals surface area contributed by atoms with Gasteiger partial charge < -0.3 is 10.5 Å². The number of nitrogens with two attached hydrogens (primary N) is 1. The molecule has 23 heavy (non-hydrogen) atoms. The fraction of sp³-hybridized carbons (Fsp3) is 0.368. The molecule has 0 amide bonds. The van der Waals surface area contributed by atoms with Gasteiger partial charge in [-0.15, -0.1) is 0 Å². The molecule has 0 atom stereocenters. The van der Waals surface area contributed by atoms with E-state index in [1.807, 2.05) is 71.0 Å². The van der Waals surface area contributed by atoms with E-state index < -0.39 is 0 Å². The van der Waals surface area contributed by atoms with Gasteiger partial charge in [-0.25, -0.2) is 0 Å². The van der Waals surface area contributed by atoms with Crippen LogP contribution in [-0.4, -0.2) is 6.61 Å². The summed E-state index contributed by atoms with van der Waals surface area (Å²) in [5.74, 6) is 0.907. The Balaban J connectivity index is 0. The molecular formula is C19H29Cl2NO. The third kappa shape index (κ3) is 11.9. The summed E-state index contributed by atoms with van der Waals surface area (Å²) in [6.07, 6.45) is 0. The van der Waals surface area contributed by atoms with Crippen molar-refractivity contribution in [3.8, 4) is 5.75 Å². The Morgan fingerprint density at radius 3 is 1.57 bits per heavy atom. The first-order chi connectivity index (χ1) is 11.2. The molecule has 0 heterocycles. The first kappa shape index (κ1) is 24.0. The average molecular weight is 358 g/mol. The first-order valence-corrected chi connectivity index (χ1v) is 8.74. The lowest BCUT2D eigenvalue weighted by molar-refractivity contribution is 0.340. The summed E-state index contributed by atoms with van der Waals surface area (Å²) in [4.78, 5) is 0. The quantitative estimate of drug-likeness (QED) is 0.672. The van der Waals surface area contributed by atoms with E-state index in [4.69, 9.17) is 33.7 Å². The number of rotatable bonds is 3. The second-order valence-electron chi connectivity index (χ2n) is 3.70. The highest BCUT2D eigenvalue weighted by Gasteiger charge is 1.91. The normalized spacial score (nSPS) is 8.35. The third-order valence-electron chi connectivity index (χ3n) is 2.29. The maximum atomic E-state index is 5.58. The molecule has 0 aliphatic carbocycles. The molecule has 0 radical (unpaired) electrons. The molecule has 0 unspecified atom stereocenters. The van der Waals surface area contributed by atoms with Gasteiger partial charge in [0.1, 0.15) is 5.75 Å². The minimum Gasteiger partial charge on any atom is -0.494 e. The largest absolute Gasteiger partial charge is 0.494 e. The molecule has 0 bridgehead atoms. The van der Waals surface area contributed by atoms with Crippen molar-refractivity contribution in [1.29, 1.82) is 0 Å². The van der Waals surface area contributed by atoms with Gasteiger partial charge in [-0.2, -0.15) is 0 Å². The van der Waals surface area contributed by atoms with Crippen molar-refractivity contribution < 1.29 is 4.74 Å². The van der Waals surface area contributed by atoms with Crippen molar-refractivity contribution >= 4 is 23.2 Å². The van der Waals surface area contributed by atoms with Gasteiger partial charge in [-0.1, -0.05) is 75.2 Å². The Morgan fingerprint density at radius 2 is 1.26 bits per heavy atom. The van der Waals surface area contributed by atoms with E-state index in [-0.39, 0.29) is 0 Å². The van der Waals surface area contributed by atoms with Crippen LogP contribution >= 0.6 is 23.2 Å². The van der Waals surface area contributed by atoms with E-state index >= 15 is 0 Å². The molecular weight excluding hydrogens is 329 g/mol. The monoisotopic (exact) mass is 357 g/mol. The predicted octanol–water partition coefficient (Wildman–Crippen LogP) is 6.59. The molecule has 0 aliphatic rings. The maximum Gasteiger partial charge on any atom is 0.119 e. The van der Waals surface area contributed by atoms with Crippen molar-refractivity contribution in [2.45, 2.75) is 41.2 Å². The highest BCUT2D eigenvalue weighted by molar-refractivity contribution is 6.41. The topological polar surface area (TPSA) is 35.2 Å². The minimum atomic E-state index is 0.590. The van der Waals surface area contributed by atoms with Gasteiger partial charge in [0, 0.05) is 6.54 Å². The molecule has 0 saturated heterocycles. The van der Waals surface area contributed by atoms with Crippen LogP contribution in [-0.2, 0) is 6.54 Å². The van der Waals surface area contributed by atoms with Crippen LogP contribution in [0.25, 0.3) is 0 Å². The molecule has 130 valence electrons. The van der Waals surface area contributed by atoms with E-state index in [9.17, 15) is 0 Å². The van der Waals surface area contributed by atoms with Crippen molar-refractivity contribution in [2.75, 3.05) is 6.61 Å². The lowest BCUT2D eigenvalue weighted by atomic mass is 10.2. The minimum absolute atomic E-state index is 0.590. The summed E-state index contributed by atoms with van der Waals surface area (Å²) in [5, 5.41) is 1.21. The molecule has 2 aromatic rings. The standard InChI is InChI=1S/C9H13NO.C6H4Cl2.2C2H6/c1-2-11-9-5-3-8(7-10)4-6-9;7-5-3-1-2-4-6(5)8;2*1-2/h3-6H,2,7,10H2,1H3;1-4H;2*1-2H3. The van der Waals surface area contributed by atoms with Crippen molar-refractivity contribution in [3.63, 3.8) is 0 Å². The smallest absolute Gasteiger partial charge is 0.119 e. The summed E-state index contributed by atoms with van der Waals surface area (Å²) in [5.41, 5.74) is 6.57. The molecule has 0 spiro atoms. The van der Waals surface area contributed by atoms with Crippen molar-refractivity contribution in [1.82, 2.24) is 0 Å². The van der Waals surface area contributed by atoms with Gasteiger partial charge >= 0.3 is 0 Å². The van der Waals surface area contributed by atoms with Gasteiger partial charge in [0.2, 0.25) is 0 Å². The van der Waals surface area contributed by atoms with Crippen LogP contribution in [0.3, 0.4) is 0 Å². The number of halogens is 2. The molecule has 2 N–H and O–H groups in total. The second kappa shape index (κ2) is 17.1. The van der Waals surface area contributed by atoms with Crippen LogP contribution in [0.4, 0.5) is 0 Å². The summed E-state index contributed by atoms with van der Waals surface area (Å²) in [6, 6.07) is 15.0. The Bertz CT molecular complexity index is 466. The predicted molar refractivity (Wildman–Crippen MR) is 105 cm³/mol. The summed E-state index contributed by atoms with van der Waals surface area (Å²) in [6.45, 7) is 11.3. The highest BCUT2D eigenvalue weighted by atomic mass is 35.5. The summed E-state index contributed by atoms with van der Waals surface area (Å²) in [7, 11) is 0. The molecule has 2 aromatic carbocycles. The molecule has 2 nitrogen and oxygen atoms in total. The zero-order valence-corrected chi connectivity index (χ0v) is 16.3. The van der Waals surface area contributed by atoms with E-state index in [2.05, 4.69) is 0 Å². The summed E-state index contributed by atoms with van der Waals surface area (Å²) < 4.78 is 5.26. The van der Waals surface area contributed by atoms with Crippen LogP contribution in [0.15, 0.2) is 48.5 Å². The van der Waals surface area contributed by atoms with Crippen LogP contribution in [0.5, 0.6) is 5.75 Å². The Kier molecular flexibility index (Phi) is 17.9. The third-order valence-corrected chi connectivity index (χ3v) is 3.05. The number of hydrogen-bond donors (Lipinski definition) is 1. The van der Waals surface area contributed by atoms with Gasteiger partial charge in [-0.05, 0) is 36.8 Å². The number of ether oxygens (including phenoxy) is 1. The van der Waals surface area contributed by atoms with Crippen LogP contribution in [0.2, 0.25) is 10.0 Å². The average Bonchev–Trinajstić information content (AvgIpc) is 2.63. The first-order valence-electron chi connectivity index (χ1n) is 7.99. The Labute approximate surface area is 151 Å². The lowest BCUT2D eigenvalue weighted by Gasteiger charge is -2.02. The molecule has 2 rings (SSSR count). The fourth-order valence-electron chi connectivity index (χ4n) is 1.33.